The Balaban J connectivity index is 2.29. The van der Waals surface area contributed by atoms with E-state index in [4.69, 9.17) is 0 Å². The fraction of sp³-hybridized carbons (Fsp3) is 0.0769. The van der Waals surface area contributed by atoms with Gasteiger partial charge in [0.2, 0.25) is 0 Å². The molecule has 0 aliphatic heterocycles. The molecule has 0 spiro atoms. The zero-order valence-electron chi connectivity index (χ0n) is 11.2. The third-order valence-corrected chi connectivity index (χ3v) is 4.20. The molecule has 23 heavy (non-hydrogen) atoms. The van der Waals surface area contributed by atoms with E-state index >= 15 is 0 Å². The minimum atomic E-state index is -4.57. The lowest BCUT2D eigenvalue weighted by molar-refractivity contribution is -0.384. The van der Waals surface area contributed by atoms with Crippen LogP contribution in [0.1, 0.15) is 5.56 Å². The number of hydrogen-bond donors (Lipinski definition) is 1. The second-order valence-corrected chi connectivity index (χ2v) is 6.12. The number of nitrogens with zero attached hydrogens (tertiary/aromatic N) is 1. The Bertz CT molecular complexity index is 833. The van der Waals surface area contributed by atoms with Crippen LogP contribution in [0.2, 0.25) is 0 Å². The van der Waals surface area contributed by atoms with Gasteiger partial charge in [0, 0.05) is 12.1 Å². The highest BCUT2D eigenvalue weighted by Crippen LogP contribution is 2.30. The Hall–Kier alpha value is -2.62. The van der Waals surface area contributed by atoms with Crippen molar-refractivity contribution in [1.29, 1.82) is 0 Å². The van der Waals surface area contributed by atoms with Crippen LogP contribution >= 0.6 is 0 Å². The third kappa shape index (κ3) is 3.97. The number of halogens is 3. The van der Waals surface area contributed by atoms with E-state index in [1.54, 1.807) is 0 Å². The molecule has 0 heterocycles. The normalized spacial score (nSPS) is 12.0. The van der Waals surface area contributed by atoms with E-state index in [0.717, 1.165) is 18.2 Å². The number of non-ortho nitro benzene ring substituents is 1. The molecule has 0 saturated heterocycles. The minimum absolute atomic E-state index is 0.0703. The largest absolute Gasteiger partial charge is 0.416 e. The first-order chi connectivity index (χ1) is 10.6. The number of hydrogen-bond acceptors (Lipinski definition) is 4. The summed E-state index contributed by atoms with van der Waals surface area (Å²) >= 11 is 0. The first-order valence-electron chi connectivity index (χ1n) is 6.04. The molecule has 10 heteroatoms. The maximum absolute atomic E-state index is 12.5. The summed E-state index contributed by atoms with van der Waals surface area (Å²) in [5, 5.41) is 10.6. The lowest BCUT2D eigenvalue weighted by atomic mass is 10.2. The smallest absolute Gasteiger partial charge is 0.279 e. The molecule has 0 radical (unpaired) electrons. The summed E-state index contributed by atoms with van der Waals surface area (Å²) in [6, 6.07) is 7.64. The predicted molar refractivity (Wildman–Crippen MR) is 75.3 cm³/mol. The average molecular weight is 346 g/mol. The summed E-state index contributed by atoms with van der Waals surface area (Å²) in [4.78, 5) is 9.55. The van der Waals surface area contributed by atoms with Crippen LogP contribution in [-0.2, 0) is 16.2 Å². The van der Waals surface area contributed by atoms with Crippen molar-refractivity contribution in [3.8, 4) is 0 Å². The fourth-order valence-electron chi connectivity index (χ4n) is 1.72. The molecule has 0 fully saturated rings. The Morgan fingerprint density at radius 2 is 1.65 bits per heavy atom. The molecule has 0 atom stereocenters. The van der Waals surface area contributed by atoms with E-state index < -0.39 is 31.6 Å². The SMILES string of the molecule is O=[N+]([O-])c1cccc(NS(=O)(=O)c2ccc(C(F)(F)F)cc2)c1. The monoisotopic (exact) mass is 346 g/mol. The number of nitro groups is 1. The molecule has 2 aromatic rings. The third-order valence-electron chi connectivity index (χ3n) is 2.80. The molecule has 0 unspecified atom stereocenters. The molecule has 0 aliphatic carbocycles. The maximum Gasteiger partial charge on any atom is 0.416 e. The number of sulfonamides is 1. The van der Waals surface area contributed by atoms with Crippen molar-refractivity contribution < 1.29 is 26.5 Å². The van der Waals surface area contributed by atoms with Crippen molar-refractivity contribution in [1.82, 2.24) is 0 Å². The number of alkyl halides is 3. The van der Waals surface area contributed by atoms with Gasteiger partial charge in [-0.25, -0.2) is 8.42 Å². The van der Waals surface area contributed by atoms with Gasteiger partial charge in [0.05, 0.1) is 21.1 Å². The second kappa shape index (κ2) is 5.88. The predicted octanol–water partition coefficient (Wildman–Crippen LogP) is 3.41. The van der Waals surface area contributed by atoms with Crippen molar-refractivity contribution in [2.75, 3.05) is 4.72 Å². The van der Waals surface area contributed by atoms with Crippen LogP contribution in [0.4, 0.5) is 24.5 Å². The average Bonchev–Trinajstić information content (AvgIpc) is 2.46. The summed E-state index contributed by atoms with van der Waals surface area (Å²) in [5.41, 5.74) is -1.37. The van der Waals surface area contributed by atoms with E-state index in [2.05, 4.69) is 4.72 Å². The molecule has 2 aromatic carbocycles. The molecular formula is C13H9F3N2O4S. The molecular weight excluding hydrogens is 337 g/mol. The van der Waals surface area contributed by atoms with Crippen molar-refractivity contribution in [3.63, 3.8) is 0 Å². The fourth-order valence-corrected chi connectivity index (χ4v) is 2.77. The number of benzene rings is 2. The summed E-state index contributed by atoms with van der Waals surface area (Å²) in [5.74, 6) is 0. The molecule has 0 amide bonds. The Labute approximate surface area is 128 Å². The molecule has 6 nitrogen and oxygen atoms in total. The quantitative estimate of drug-likeness (QED) is 0.678. The Morgan fingerprint density at radius 3 is 2.17 bits per heavy atom. The highest BCUT2D eigenvalue weighted by Gasteiger charge is 2.30. The van der Waals surface area contributed by atoms with Crippen LogP contribution < -0.4 is 4.72 Å². The van der Waals surface area contributed by atoms with E-state index in [9.17, 15) is 31.7 Å². The molecule has 122 valence electrons. The van der Waals surface area contributed by atoms with Crippen LogP contribution in [0.5, 0.6) is 0 Å². The van der Waals surface area contributed by atoms with E-state index in [1.807, 2.05) is 0 Å². The van der Waals surface area contributed by atoms with Crippen LogP contribution in [-0.4, -0.2) is 13.3 Å². The number of anilines is 1. The summed E-state index contributed by atoms with van der Waals surface area (Å²) in [6.45, 7) is 0. The number of nitrogens with one attached hydrogen (secondary N) is 1. The molecule has 0 bridgehead atoms. The Morgan fingerprint density at radius 1 is 1.04 bits per heavy atom. The van der Waals surface area contributed by atoms with Crippen molar-refractivity contribution >= 4 is 21.4 Å². The van der Waals surface area contributed by atoms with Gasteiger partial charge in [-0.3, -0.25) is 14.8 Å². The van der Waals surface area contributed by atoms with E-state index in [-0.39, 0.29) is 11.4 Å². The lowest BCUT2D eigenvalue weighted by Gasteiger charge is -2.10. The highest BCUT2D eigenvalue weighted by molar-refractivity contribution is 7.92. The highest BCUT2D eigenvalue weighted by atomic mass is 32.2. The van der Waals surface area contributed by atoms with Gasteiger partial charge in [-0.2, -0.15) is 13.2 Å². The molecule has 0 aliphatic rings. The van der Waals surface area contributed by atoms with E-state index in [1.165, 1.54) is 18.2 Å². The zero-order chi connectivity index (χ0) is 17.3. The first kappa shape index (κ1) is 16.7. The van der Waals surface area contributed by atoms with Crippen LogP contribution in [0.3, 0.4) is 0 Å². The van der Waals surface area contributed by atoms with Gasteiger partial charge in [-0.1, -0.05) is 6.07 Å². The van der Waals surface area contributed by atoms with Gasteiger partial charge in [-0.15, -0.1) is 0 Å². The summed E-state index contributed by atoms with van der Waals surface area (Å²) in [6.07, 6.45) is -4.57. The van der Waals surface area contributed by atoms with Gasteiger partial charge in [0.25, 0.3) is 15.7 Å². The van der Waals surface area contributed by atoms with Gasteiger partial charge >= 0.3 is 6.18 Å². The van der Waals surface area contributed by atoms with Crippen LogP contribution in [0.15, 0.2) is 53.4 Å². The van der Waals surface area contributed by atoms with Gasteiger partial charge < -0.3 is 0 Å². The van der Waals surface area contributed by atoms with Crippen molar-refractivity contribution in [3.05, 3.63) is 64.2 Å². The Kier molecular flexibility index (Phi) is 4.28. The molecule has 1 N–H and O–H groups in total. The van der Waals surface area contributed by atoms with Crippen LogP contribution in [0, 0.1) is 10.1 Å². The lowest BCUT2D eigenvalue weighted by Crippen LogP contribution is -2.13. The maximum atomic E-state index is 12.5. The standard InChI is InChI=1S/C13H9F3N2O4S/c14-13(15,16)9-4-6-12(7-5-9)23(21,22)17-10-2-1-3-11(8-10)18(19)20/h1-8,17H. The second-order valence-electron chi connectivity index (χ2n) is 4.44. The summed E-state index contributed by atoms with van der Waals surface area (Å²) < 4.78 is 63.6. The van der Waals surface area contributed by atoms with Gasteiger partial charge in [0.15, 0.2) is 0 Å². The summed E-state index contributed by atoms with van der Waals surface area (Å²) in [7, 11) is -4.16. The topological polar surface area (TPSA) is 89.3 Å². The zero-order valence-corrected chi connectivity index (χ0v) is 12.1. The van der Waals surface area contributed by atoms with Gasteiger partial charge in [-0.05, 0) is 30.3 Å². The van der Waals surface area contributed by atoms with Gasteiger partial charge in [0.1, 0.15) is 0 Å². The number of nitro benzene ring substituents is 1. The molecule has 0 saturated carbocycles. The van der Waals surface area contributed by atoms with E-state index in [0.29, 0.717) is 12.1 Å². The minimum Gasteiger partial charge on any atom is -0.279 e. The van der Waals surface area contributed by atoms with Crippen LogP contribution in [0.25, 0.3) is 0 Å². The number of rotatable bonds is 4. The molecule has 0 aromatic heterocycles. The molecule has 2 rings (SSSR count). The van der Waals surface area contributed by atoms with Crippen molar-refractivity contribution in [2.45, 2.75) is 11.1 Å². The van der Waals surface area contributed by atoms with Crippen molar-refractivity contribution in [2.24, 2.45) is 0 Å². The first-order valence-corrected chi connectivity index (χ1v) is 7.52.